The molecule has 0 aliphatic carbocycles. The highest BCUT2D eigenvalue weighted by molar-refractivity contribution is 7.21. The van der Waals surface area contributed by atoms with Gasteiger partial charge in [0.25, 0.3) is 11.8 Å². The van der Waals surface area contributed by atoms with Crippen molar-refractivity contribution in [1.29, 1.82) is 0 Å². The van der Waals surface area contributed by atoms with Crippen LogP contribution in [-0.4, -0.2) is 48.0 Å². The van der Waals surface area contributed by atoms with Crippen molar-refractivity contribution in [3.63, 3.8) is 0 Å². The molecule has 1 aromatic carbocycles. The van der Waals surface area contributed by atoms with Crippen LogP contribution in [0.4, 0.5) is 18.9 Å². The van der Waals surface area contributed by atoms with Gasteiger partial charge in [0.15, 0.2) is 0 Å². The standard InChI is InChI=1S/C22H20F3N3O3S/c1-12-10-13(2)26-20-16(12)17(18(32-20)21(30)28-6-8-31-9-7-28)27-19(29)14-4-3-5-15(11-14)22(23,24)25/h3-5,10-11H,6-9H2,1-2H3,(H,27,29). The summed E-state index contributed by atoms with van der Waals surface area (Å²) in [6, 6.07) is 6.01. The van der Waals surface area contributed by atoms with Crippen molar-refractivity contribution in [2.45, 2.75) is 20.0 Å². The van der Waals surface area contributed by atoms with Gasteiger partial charge < -0.3 is 15.0 Å². The van der Waals surface area contributed by atoms with Crippen molar-refractivity contribution < 1.29 is 27.5 Å². The molecule has 32 heavy (non-hydrogen) atoms. The smallest absolute Gasteiger partial charge is 0.378 e. The minimum Gasteiger partial charge on any atom is -0.378 e. The molecule has 3 heterocycles. The Morgan fingerprint density at radius 1 is 1.16 bits per heavy atom. The highest BCUT2D eigenvalue weighted by Gasteiger charge is 2.31. The topological polar surface area (TPSA) is 71.5 Å². The van der Waals surface area contributed by atoms with Gasteiger partial charge in [-0.25, -0.2) is 4.98 Å². The minimum absolute atomic E-state index is 0.151. The molecule has 4 rings (SSSR count). The van der Waals surface area contributed by atoms with E-state index in [4.69, 9.17) is 4.74 Å². The second-order valence-electron chi connectivity index (χ2n) is 7.50. The predicted octanol–water partition coefficient (Wildman–Crippen LogP) is 4.66. The molecule has 0 bridgehead atoms. The molecule has 3 aromatic rings. The van der Waals surface area contributed by atoms with Crippen molar-refractivity contribution in [3.05, 3.63) is 57.6 Å². The molecular weight excluding hydrogens is 443 g/mol. The number of carbonyl (C=O) groups is 2. The summed E-state index contributed by atoms with van der Waals surface area (Å²) in [5, 5.41) is 3.30. The summed E-state index contributed by atoms with van der Waals surface area (Å²) >= 11 is 1.16. The van der Waals surface area contributed by atoms with E-state index in [1.54, 1.807) is 4.90 Å². The van der Waals surface area contributed by atoms with Crippen LogP contribution in [0.2, 0.25) is 0 Å². The van der Waals surface area contributed by atoms with Gasteiger partial charge in [0.05, 0.1) is 24.5 Å². The molecule has 1 fully saturated rings. The van der Waals surface area contributed by atoms with E-state index in [1.807, 2.05) is 19.9 Å². The van der Waals surface area contributed by atoms with E-state index in [-0.39, 0.29) is 17.2 Å². The first-order valence-corrected chi connectivity index (χ1v) is 10.7. The molecule has 6 nitrogen and oxygen atoms in total. The van der Waals surface area contributed by atoms with Crippen LogP contribution in [0.5, 0.6) is 0 Å². The number of ether oxygens (including phenoxy) is 1. The summed E-state index contributed by atoms with van der Waals surface area (Å²) in [5.74, 6) is -1.00. The van der Waals surface area contributed by atoms with E-state index in [9.17, 15) is 22.8 Å². The number of rotatable bonds is 3. The Bertz CT molecular complexity index is 1200. The number of amides is 2. The predicted molar refractivity (Wildman–Crippen MR) is 115 cm³/mol. The van der Waals surface area contributed by atoms with Crippen molar-refractivity contribution in [2.75, 3.05) is 31.6 Å². The summed E-state index contributed by atoms with van der Waals surface area (Å²) in [6.07, 6.45) is -4.57. The SMILES string of the molecule is Cc1cc(C)c2c(NC(=O)c3cccc(C(F)(F)F)c3)c(C(=O)N3CCOCC3)sc2n1. The van der Waals surface area contributed by atoms with E-state index in [0.29, 0.717) is 41.4 Å². The van der Waals surface area contributed by atoms with E-state index >= 15 is 0 Å². The quantitative estimate of drug-likeness (QED) is 0.614. The van der Waals surface area contributed by atoms with Gasteiger partial charge in [-0.1, -0.05) is 6.07 Å². The molecule has 1 aliphatic heterocycles. The number of hydrogen-bond donors (Lipinski definition) is 1. The molecule has 2 aromatic heterocycles. The molecule has 10 heteroatoms. The van der Waals surface area contributed by atoms with Crippen molar-refractivity contribution >= 4 is 39.1 Å². The van der Waals surface area contributed by atoms with E-state index in [2.05, 4.69) is 10.3 Å². The van der Waals surface area contributed by atoms with Crippen molar-refractivity contribution in [2.24, 2.45) is 0 Å². The number of aromatic nitrogens is 1. The fourth-order valence-electron chi connectivity index (χ4n) is 3.64. The zero-order valence-corrected chi connectivity index (χ0v) is 18.2. The first-order chi connectivity index (χ1) is 15.1. The number of halogens is 3. The normalized spacial score (nSPS) is 14.6. The Kier molecular flexibility index (Phi) is 5.91. The van der Waals surface area contributed by atoms with Crippen LogP contribution in [0, 0.1) is 13.8 Å². The lowest BCUT2D eigenvalue weighted by molar-refractivity contribution is -0.137. The molecule has 0 saturated carbocycles. The number of thiophene rings is 1. The highest BCUT2D eigenvalue weighted by atomic mass is 32.1. The van der Waals surface area contributed by atoms with Crippen LogP contribution >= 0.6 is 11.3 Å². The maximum atomic E-state index is 13.2. The van der Waals surface area contributed by atoms with Crippen LogP contribution in [0.15, 0.2) is 30.3 Å². The number of pyridine rings is 1. The van der Waals surface area contributed by atoms with Gasteiger partial charge in [0.1, 0.15) is 9.71 Å². The van der Waals surface area contributed by atoms with Gasteiger partial charge in [-0.2, -0.15) is 13.2 Å². The lowest BCUT2D eigenvalue weighted by Crippen LogP contribution is -2.40. The third-order valence-electron chi connectivity index (χ3n) is 5.17. The van der Waals surface area contributed by atoms with Gasteiger partial charge >= 0.3 is 6.18 Å². The summed E-state index contributed by atoms with van der Waals surface area (Å²) < 4.78 is 44.6. The van der Waals surface area contributed by atoms with Gasteiger partial charge in [0, 0.05) is 29.7 Å². The molecule has 0 unspecified atom stereocenters. The molecule has 2 amide bonds. The largest absolute Gasteiger partial charge is 0.416 e. The third kappa shape index (κ3) is 4.33. The summed E-state index contributed by atoms with van der Waals surface area (Å²) in [7, 11) is 0. The number of benzene rings is 1. The molecule has 0 spiro atoms. The summed E-state index contributed by atoms with van der Waals surface area (Å²) in [6.45, 7) is 5.33. The Morgan fingerprint density at radius 2 is 1.88 bits per heavy atom. The summed E-state index contributed by atoms with van der Waals surface area (Å²) in [5.41, 5.74) is 0.774. The lowest BCUT2D eigenvalue weighted by atomic mass is 10.1. The number of alkyl halides is 3. The zero-order valence-electron chi connectivity index (χ0n) is 17.4. The molecule has 1 N–H and O–H groups in total. The van der Waals surface area contributed by atoms with E-state index < -0.39 is 17.6 Å². The molecular formula is C22H20F3N3O3S. The van der Waals surface area contributed by atoms with Gasteiger partial charge in [-0.3, -0.25) is 9.59 Å². The van der Waals surface area contributed by atoms with Gasteiger partial charge in [0.2, 0.25) is 0 Å². The monoisotopic (exact) mass is 463 g/mol. The van der Waals surface area contributed by atoms with Gasteiger partial charge in [-0.15, -0.1) is 11.3 Å². The second-order valence-corrected chi connectivity index (χ2v) is 8.50. The van der Waals surface area contributed by atoms with Gasteiger partial charge in [-0.05, 0) is 43.7 Å². The van der Waals surface area contributed by atoms with Crippen LogP contribution < -0.4 is 5.32 Å². The fourth-order valence-corrected chi connectivity index (χ4v) is 4.86. The molecule has 0 atom stereocenters. The number of morpholine rings is 1. The number of carbonyl (C=O) groups excluding carboxylic acids is 2. The van der Waals surface area contributed by atoms with E-state index in [0.717, 1.165) is 34.7 Å². The minimum atomic E-state index is -4.57. The van der Waals surface area contributed by atoms with E-state index in [1.165, 1.54) is 12.1 Å². The molecule has 168 valence electrons. The average Bonchev–Trinajstić information content (AvgIpc) is 3.11. The number of nitrogens with zero attached hydrogens (tertiary/aromatic N) is 2. The Labute approximate surface area is 186 Å². The Hall–Kier alpha value is -2.98. The number of aryl methyl sites for hydroxylation is 2. The van der Waals surface area contributed by atoms with Crippen LogP contribution in [0.3, 0.4) is 0 Å². The fraction of sp³-hybridized carbons (Fsp3) is 0.318. The number of nitrogens with one attached hydrogen (secondary N) is 1. The average molecular weight is 463 g/mol. The zero-order chi connectivity index (χ0) is 23.0. The molecule has 0 radical (unpaired) electrons. The highest BCUT2D eigenvalue weighted by Crippen LogP contribution is 2.38. The maximum absolute atomic E-state index is 13.2. The maximum Gasteiger partial charge on any atom is 0.416 e. The van der Waals surface area contributed by atoms with Crippen molar-refractivity contribution in [1.82, 2.24) is 9.88 Å². The number of hydrogen-bond acceptors (Lipinski definition) is 5. The molecule has 1 saturated heterocycles. The van der Waals surface area contributed by atoms with Crippen LogP contribution in [-0.2, 0) is 10.9 Å². The Balaban J connectivity index is 1.77. The Morgan fingerprint density at radius 3 is 2.56 bits per heavy atom. The van der Waals surface area contributed by atoms with Crippen LogP contribution in [0.1, 0.15) is 36.9 Å². The lowest BCUT2D eigenvalue weighted by Gasteiger charge is -2.26. The van der Waals surface area contributed by atoms with Crippen LogP contribution in [0.25, 0.3) is 10.2 Å². The number of anilines is 1. The first-order valence-electron chi connectivity index (χ1n) is 9.91. The molecule has 1 aliphatic rings. The summed E-state index contributed by atoms with van der Waals surface area (Å²) in [4.78, 5) is 33.2. The number of fused-ring (bicyclic) bond motifs is 1. The van der Waals surface area contributed by atoms with Crippen molar-refractivity contribution in [3.8, 4) is 0 Å². The second kappa shape index (κ2) is 8.51. The first kappa shape index (κ1) is 22.2. The third-order valence-corrected chi connectivity index (χ3v) is 6.24.